The van der Waals surface area contributed by atoms with Crippen LogP contribution in [0.4, 0.5) is 0 Å². The molecule has 86 valence electrons. The number of Topliss-reactive ketones (excluding diaryl/α,β-unsaturated/α-hetero) is 1. The van der Waals surface area contributed by atoms with E-state index in [1.54, 1.807) is 7.11 Å². The summed E-state index contributed by atoms with van der Waals surface area (Å²) in [5.41, 5.74) is -1.75. The highest BCUT2D eigenvalue weighted by molar-refractivity contribution is 5.99. The van der Waals surface area contributed by atoms with Crippen LogP contribution in [0, 0.1) is 5.92 Å². The van der Waals surface area contributed by atoms with Crippen LogP contribution in [0.1, 0.15) is 45.4 Å². The summed E-state index contributed by atoms with van der Waals surface area (Å²) in [5.74, 6) is -0.0290. The van der Waals surface area contributed by atoms with Crippen LogP contribution in [-0.2, 0) is 9.53 Å². The Bertz CT molecular complexity index is 276. The largest absolute Gasteiger partial charge is 0.379 e. The SMILES string of the molecule is CCC[C@@]1(O)C(=O)[C@H]2CCCC[C@]21OC. The van der Waals surface area contributed by atoms with Gasteiger partial charge in [0.05, 0.1) is 5.92 Å². The summed E-state index contributed by atoms with van der Waals surface area (Å²) in [6.45, 7) is 1.99. The number of methoxy groups -OCH3 is 1. The zero-order valence-electron chi connectivity index (χ0n) is 9.58. The van der Waals surface area contributed by atoms with Gasteiger partial charge in [-0.05, 0) is 19.3 Å². The van der Waals surface area contributed by atoms with E-state index in [2.05, 4.69) is 0 Å². The summed E-state index contributed by atoms with van der Waals surface area (Å²) < 4.78 is 5.55. The lowest BCUT2D eigenvalue weighted by atomic mass is 9.50. The number of ketones is 1. The van der Waals surface area contributed by atoms with E-state index in [4.69, 9.17) is 4.74 Å². The monoisotopic (exact) mass is 212 g/mol. The molecule has 2 saturated carbocycles. The second kappa shape index (κ2) is 3.56. The second-order valence-corrected chi connectivity index (χ2v) is 4.87. The quantitative estimate of drug-likeness (QED) is 0.774. The minimum Gasteiger partial charge on any atom is -0.379 e. The molecule has 2 aliphatic rings. The standard InChI is InChI=1S/C12H20O3/c1-3-7-11(14)10(13)9-6-4-5-8-12(9,11)15-2/h9,14H,3-8H2,1-2H3/t9-,11-,12+/m1/s1. The van der Waals surface area contributed by atoms with Crippen LogP contribution < -0.4 is 0 Å². The number of carbonyl (C=O) groups is 1. The molecule has 0 aromatic carbocycles. The first-order valence-corrected chi connectivity index (χ1v) is 5.94. The minimum atomic E-state index is -1.19. The van der Waals surface area contributed by atoms with Crippen molar-refractivity contribution in [2.45, 2.75) is 56.7 Å². The summed E-state index contributed by atoms with van der Waals surface area (Å²) in [4.78, 5) is 11.9. The van der Waals surface area contributed by atoms with Gasteiger partial charge in [-0.1, -0.05) is 26.2 Å². The van der Waals surface area contributed by atoms with Crippen molar-refractivity contribution in [1.29, 1.82) is 0 Å². The molecule has 0 saturated heterocycles. The van der Waals surface area contributed by atoms with Crippen molar-refractivity contribution in [3.8, 4) is 0 Å². The van der Waals surface area contributed by atoms with Crippen LogP contribution in [0.2, 0.25) is 0 Å². The summed E-state index contributed by atoms with van der Waals surface area (Å²) >= 11 is 0. The van der Waals surface area contributed by atoms with Crippen LogP contribution in [0.3, 0.4) is 0 Å². The second-order valence-electron chi connectivity index (χ2n) is 4.87. The third-order valence-corrected chi connectivity index (χ3v) is 4.25. The van der Waals surface area contributed by atoms with E-state index in [0.717, 1.165) is 32.1 Å². The number of fused-ring (bicyclic) bond motifs is 1. The number of aliphatic hydroxyl groups is 1. The van der Waals surface area contributed by atoms with Crippen LogP contribution in [-0.4, -0.2) is 29.2 Å². The van der Waals surface area contributed by atoms with Gasteiger partial charge in [-0.2, -0.15) is 0 Å². The van der Waals surface area contributed by atoms with Crippen molar-refractivity contribution in [3.63, 3.8) is 0 Å². The van der Waals surface area contributed by atoms with Crippen molar-refractivity contribution in [2.24, 2.45) is 5.92 Å². The van der Waals surface area contributed by atoms with Gasteiger partial charge in [0, 0.05) is 7.11 Å². The molecule has 0 heterocycles. The lowest BCUT2D eigenvalue weighted by Gasteiger charge is -2.61. The molecule has 0 aromatic rings. The van der Waals surface area contributed by atoms with Crippen molar-refractivity contribution >= 4 is 5.78 Å². The van der Waals surface area contributed by atoms with Gasteiger partial charge in [-0.15, -0.1) is 0 Å². The van der Waals surface area contributed by atoms with E-state index in [-0.39, 0.29) is 11.7 Å². The molecular formula is C12H20O3. The average molecular weight is 212 g/mol. The Morgan fingerprint density at radius 2 is 2.27 bits per heavy atom. The summed E-state index contributed by atoms with van der Waals surface area (Å²) in [5, 5.41) is 10.4. The first-order valence-electron chi connectivity index (χ1n) is 5.94. The molecule has 2 fully saturated rings. The molecule has 2 aliphatic carbocycles. The first kappa shape index (κ1) is 11.1. The highest BCUT2D eigenvalue weighted by Gasteiger charge is 2.72. The number of rotatable bonds is 3. The van der Waals surface area contributed by atoms with Gasteiger partial charge < -0.3 is 9.84 Å². The fraction of sp³-hybridized carbons (Fsp3) is 0.917. The van der Waals surface area contributed by atoms with Gasteiger partial charge in [-0.25, -0.2) is 0 Å². The smallest absolute Gasteiger partial charge is 0.173 e. The zero-order valence-corrected chi connectivity index (χ0v) is 9.58. The van der Waals surface area contributed by atoms with Crippen molar-refractivity contribution in [2.75, 3.05) is 7.11 Å². The number of hydrogen-bond donors (Lipinski definition) is 1. The van der Waals surface area contributed by atoms with Gasteiger partial charge >= 0.3 is 0 Å². The highest BCUT2D eigenvalue weighted by Crippen LogP contribution is 2.56. The van der Waals surface area contributed by atoms with Gasteiger partial charge in [0.15, 0.2) is 11.4 Å². The normalized spacial score (nSPS) is 44.7. The minimum absolute atomic E-state index is 0.0194. The Hall–Kier alpha value is -0.410. The lowest BCUT2D eigenvalue weighted by Crippen LogP contribution is -2.77. The number of hydrogen-bond acceptors (Lipinski definition) is 3. The summed E-state index contributed by atoms with van der Waals surface area (Å²) in [6.07, 6.45) is 5.22. The lowest BCUT2D eigenvalue weighted by molar-refractivity contribution is -0.258. The molecule has 3 nitrogen and oxygen atoms in total. The van der Waals surface area contributed by atoms with E-state index in [9.17, 15) is 9.90 Å². The number of ether oxygens (including phenoxy) is 1. The maximum Gasteiger partial charge on any atom is 0.173 e. The molecule has 0 bridgehead atoms. The predicted octanol–water partition coefficient (Wildman–Crippen LogP) is 1.68. The molecule has 3 atom stereocenters. The predicted molar refractivity (Wildman–Crippen MR) is 56.6 cm³/mol. The molecule has 2 rings (SSSR count). The molecule has 0 spiro atoms. The molecule has 0 radical (unpaired) electrons. The third kappa shape index (κ3) is 1.16. The van der Waals surface area contributed by atoms with E-state index in [1.165, 1.54) is 0 Å². The van der Waals surface area contributed by atoms with Crippen LogP contribution in [0.15, 0.2) is 0 Å². The maximum atomic E-state index is 11.9. The van der Waals surface area contributed by atoms with Crippen LogP contribution in [0.5, 0.6) is 0 Å². The summed E-state index contributed by atoms with van der Waals surface area (Å²) in [7, 11) is 1.63. The van der Waals surface area contributed by atoms with Crippen molar-refractivity contribution in [1.82, 2.24) is 0 Å². The van der Waals surface area contributed by atoms with E-state index in [0.29, 0.717) is 6.42 Å². The average Bonchev–Trinajstić information content (AvgIpc) is 2.28. The van der Waals surface area contributed by atoms with E-state index >= 15 is 0 Å². The molecule has 1 N–H and O–H groups in total. The van der Waals surface area contributed by atoms with Crippen LogP contribution in [0.25, 0.3) is 0 Å². The Morgan fingerprint density at radius 3 is 2.87 bits per heavy atom. The zero-order chi connectivity index (χ0) is 11.1. The molecule has 0 unspecified atom stereocenters. The molecular weight excluding hydrogens is 192 g/mol. The fourth-order valence-corrected chi connectivity index (χ4v) is 3.51. The van der Waals surface area contributed by atoms with Gasteiger partial charge in [0.25, 0.3) is 0 Å². The molecule has 15 heavy (non-hydrogen) atoms. The Morgan fingerprint density at radius 1 is 1.53 bits per heavy atom. The van der Waals surface area contributed by atoms with E-state index in [1.807, 2.05) is 6.92 Å². The first-order chi connectivity index (χ1) is 7.12. The van der Waals surface area contributed by atoms with Crippen LogP contribution >= 0.6 is 0 Å². The highest BCUT2D eigenvalue weighted by atomic mass is 16.5. The molecule has 3 heteroatoms. The maximum absolute atomic E-state index is 11.9. The van der Waals surface area contributed by atoms with Crippen molar-refractivity contribution in [3.05, 3.63) is 0 Å². The van der Waals surface area contributed by atoms with E-state index < -0.39 is 11.2 Å². The van der Waals surface area contributed by atoms with Gasteiger partial charge in [0.1, 0.15) is 5.60 Å². The Balaban J connectivity index is 2.28. The molecule has 0 amide bonds. The molecule has 0 aliphatic heterocycles. The van der Waals surface area contributed by atoms with Crippen molar-refractivity contribution < 1.29 is 14.6 Å². The third-order valence-electron chi connectivity index (χ3n) is 4.25. The van der Waals surface area contributed by atoms with Gasteiger partial charge in [0.2, 0.25) is 0 Å². The Kier molecular flexibility index (Phi) is 2.63. The van der Waals surface area contributed by atoms with Gasteiger partial charge in [-0.3, -0.25) is 4.79 Å². The fourth-order valence-electron chi connectivity index (χ4n) is 3.51. The molecule has 0 aromatic heterocycles. The topological polar surface area (TPSA) is 46.5 Å². The summed E-state index contributed by atoms with van der Waals surface area (Å²) in [6, 6.07) is 0. The Labute approximate surface area is 90.8 Å². The number of carbonyl (C=O) groups excluding carboxylic acids is 1.